The SMILES string of the molecule is Cc1ccnc(NCC(C)(C)CCO)c1C#N. The van der Waals surface area contributed by atoms with E-state index in [0.29, 0.717) is 24.3 Å². The second-order valence-electron chi connectivity index (χ2n) is 4.95. The fraction of sp³-hybridized carbons (Fsp3) is 0.538. The Balaban J connectivity index is 2.77. The monoisotopic (exact) mass is 233 g/mol. The summed E-state index contributed by atoms with van der Waals surface area (Å²) in [5, 5.41) is 21.2. The van der Waals surface area contributed by atoms with E-state index >= 15 is 0 Å². The van der Waals surface area contributed by atoms with Crippen LogP contribution in [-0.4, -0.2) is 23.2 Å². The molecular weight excluding hydrogens is 214 g/mol. The van der Waals surface area contributed by atoms with Crippen LogP contribution in [0.2, 0.25) is 0 Å². The molecule has 4 nitrogen and oxygen atoms in total. The third-order valence-corrected chi connectivity index (χ3v) is 2.79. The normalized spacial score (nSPS) is 11.0. The van der Waals surface area contributed by atoms with Crippen molar-refractivity contribution in [3.8, 4) is 6.07 Å². The number of aryl methyl sites for hydroxylation is 1. The molecule has 0 unspecified atom stereocenters. The first kappa shape index (κ1) is 13.5. The average Bonchev–Trinajstić information content (AvgIpc) is 2.26. The molecule has 0 aliphatic rings. The van der Waals surface area contributed by atoms with Crippen molar-refractivity contribution >= 4 is 5.82 Å². The molecule has 0 atom stereocenters. The van der Waals surface area contributed by atoms with Gasteiger partial charge in [0.1, 0.15) is 11.9 Å². The lowest BCUT2D eigenvalue weighted by molar-refractivity contribution is 0.220. The predicted molar refractivity (Wildman–Crippen MR) is 67.7 cm³/mol. The summed E-state index contributed by atoms with van der Waals surface area (Å²) in [7, 11) is 0. The Morgan fingerprint density at radius 3 is 2.82 bits per heavy atom. The van der Waals surface area contributed by atoms with Gasteiger partial charge in [-0.25, -0.2) is 4.98 Å². The molecule has 1 heterocycles. The first-order chi connectivity index (χ1) is 8.00. The van der Waals surface area contributed by atoms with Gasteiger partial charge in [-0.05, 0) is 30.4 Å². The molecule has 0 saturated carbocycles. The van der Waals surface area contributed by atoms with E-state index in [1.165, 1.54) is 0 Å². The fourth-order valence-corrected chi connectivity index (χ4v) is 1.55. The van der Waals surface area contributed by atoms with Crippen molar-refractivity contribution in [1.29, 1.82) is 5.26 Å². The highest BCUT2D eigenvalue weighted by Crippen LogP contribution is 2.22. The van der Waals surface area contributed by atoms with Crippen LogP contribution in [-0.2, 0) is 0 Å². The van der Waals surface area contributed by atoms with Crippen molar-refractivity contribution in [3.63, 3.8) is 0 Å². The minimum Gasteiger partial charge on any atom is -0.396 e. The number of aliphatic hydroxyl groups excluding tert-OH is 1. The third kappa shape index (κ3) is 3.72. The van der Waals surface area contributed by atoms with Crippen LogP contribution in [0.25, 0.3) is 0 Å². The maximum atomic E-state index is 9.06. The van der Waals surface area contributed by atoms with Crippen LogP contribution in [0.4, 0.5) is 5.82 Å². The van der Waals surface area contributed by atoms with Crippen molar-refractivity contribution in [2.45, 2.75) is 27.2 Å². The molecule has 0 fully saturated rings. The number of aliphatic hydroxyl groups is 1. The van der Waals surface area contributed by atoms with Gasteiger partial charge in [0, 0.05) is 19.3 Å². The molecule has 0 amide bonds. The third-order valence-electron chi connectivity index (χ3n) is 2.79. The molecular formula is C13H19N3O. The number of pyridine rings is 1. The Bertz CT molecular complexity index is 421. The van der Waals surface area contributed by atoms with Gasteiger partial charge in [0.15, 0.2) is 0 Å². The zero-order chi connectivity index (χ0) is 12.9. The topological polar surface area (TPSA) is 68.9 Å². The number of nitrogens with zero attached hydrogens (tertiary/aromatic N) is 2. The van der Waals surface area contributed by atoms with E-state index in [1.54, 1.807) is 6.20 Å². The van der Waals surface area contributed by atoms with E-state index < -0.39 is 0 Å². The Morgan fingerprint density at radius 1 is 1.53 bits per heavy atom. The second kappa shape index (κ2) is 5.65. The fourth-order valence-electron chi connectivity index (χ4n) is 1.55. The molecule has 17 heavy (non-hydrogen) atoms. The van der Waals surface area contributed by atoms with Gasteiger partial charge in [0.25, 0.3) is 0 Å². The summed E-state index contributed by atoms with van der Waals surface area (Å²) in [6.45, 7) is 6.88. The van der Waals surface area contributed by atoms with E-state index in [9.17, 15) is 0 Å². The molecule has 0 aliphatic heterocycles. The van der Waals surface area contributed by atoms with Gasteiger partial charge < -0.3 is 10.4 Å². The molecule has 92 valence electrons. The van der Waals surface area contributed by atoms with E-state index in [4.69, 9.17) is 10.4 Å². The van der Waals surface area contributed by atoms with Crippen molar-refractivity contribution in [2.24, 2.45) is 5.41 Å². The number of aromatic nitrogens is 1. The zero-order valence-electron chi connectivity index (χ0n) is 10.6. The summed E-state index contributed by atoms with van der Waals surface area (Å²) in [4.78, 5) is 4.18. The van der Waals surface area contributed by atoms with Crippen LogP contribution in [0, 0.1) is 23.7 Å². The van der Waals surface area contributed by atoms with Crippen LogP contribution in [0.5, 0.6) is 0 Å². The Kier molecular flexibility index (Phi) is 4.47. The summed E-state index contributed by atoms with van der Waals surface area (Å²) >= 11 is 0. The van der Waals surface area contributed by atoms with Gasteiger partial charge in [-0.1, -0.05) is 13.8 Å². The summed E-state index contributed by atoms with van der Waals surface area (Å²) in [5.41, 5.74) is 1.49. The first-order valence-corrected chi connectivity index (χ1v) is 5.70. The molecule has 0 aliphatic carbocycles. The second-order valence-corrected chi connectivity index (χ2v) is 4.95. The molecule has 0 radical (unpaired) electrons. The standard InChI is InChI=1S/C13H19N3O/c1-10-4-6-15-12(11(10)8-14)16-9-13(2,3)5-7-17/h4,6,17H,5,7,9H2,1-3H3,(H,15,16). The van der Waals surface area contributed by atoms with Crippen molar-refractivity contribution < 1.29 is 5.11 Å². The van der Waals surface area contributed by atoms with Crippen LogP contribution in [0.3, 0.4) is 0 Å². The van der Waals surface area contributed by atoms with Crippen LogP contribution in [0.1, 0.15) is 31.4 Å². The molecule has 4 heteroatoms. The number of nitriles is 1. The smallest absolute Gasteiger partial charge is 0.144 e. The van der Waals surface area contributed by atoms with Crippen LogP contribution in [0.15, 0.2) is 12.3 Å². The Morgan fingerprint density at radius 2 is 2.24 bits per heavy atom. The highest BCUT2D eigenvalue weighted by Gasteiger charge is 2.18. The minimum absolute atomic E-state index is 0.0209. The molecule has 1 aromatic heterocycles. The molecule has 0 bridgehead atoms. The summed E-state index contributed by atoms with van der Waals surface area (Å²) in [5.74, 6) is 0.624. The predicted octanol–water partition coefficient (Wildman–Crippen LogP) is 2.08. The lowest BCUT2D eigenvalue weighted by Crippen LogP contribution is -2.25. The summed E-state index contributed by atoms with van der Waals surface area (Å²) in [6, 6.07) is 3.98. The average molecular weight is 233 g/mol. The van der Waals surface area contributed by atoms with E-state index in [-0.39, 0.29) is 12.0 Å². The maximum Gasteiger partial charge on any atom is 0.144 e. The number of nitrogens with one attached hydrogen (secondary N) is 1. The van der Waals surface area contributed by atoms with Crippen LogP contribution < -0.4 is 5.32 Å². The number of anilines is 1. The Labute approximate surface area is 102 Å². The lowest BCUT2D eigenvalue weighted by Gasteiger charge is -2.24. The number of hydrogen-bond donors (Lipinski definition) is 2. The molecule has 1 rings (SSSR count). The quantitative estimate of drug-likeness (QED) is 0.817. The van der Waals surface area contributed by atoms with Crippen LogP contribution >= 0.6 is 0 Å². The van der Waals surface area contributed by atoms with Gasteiger partial charge in [-0.15, -0.1) is 0 Å². The highest BCUT2D eigenvalue weighted by atomic mass is 16.3. The maximum absolute atomic E-state index is 9.06. The van der Waals surface area contributed by atoms with Crippen molar-refractivity contribution in [1.82, 2.24) is 4.98 Å². The van der Waals surface area contributed by atoms with Crippen molar-refractivity contribution in [2.75, 3.05) is 18.5 Å². The lowest BCUT2D eigenvalue weighted by atomic mass is 9.90. The summed E-state index contributed by atoms with van der Waals surface area (Å²) in [6.07, 6.45) is 2.41. The van der Waals surface area contributed by atoms with Gasteiger partial charge >= 0.3 is 0 Å². The van der Waals surface area contributed by atoms with E-state index in [1.807, 2.05) is 13.0 Å². The first-order valence-electron chi connectivity index (χ1n) is 5.70. The largest absolute Gasteiger partial charge is 0.396 e. The minimum atomic E-state index is -0.0209. The van der Waals surface area contributed by atoms with Gasteiger partial charge in [0.2, 0.25) is 0 Å². The van der Waals surface area contributed by atoms with E-state index in [2.05, 4.69) is 30.2 Å². The molecule has 1 aromatic rings. The van der Waals surface area contributed by atoms with Gasteiger partial charge in [-0.2, -0.15) is 5.26 Å². The molecule has 0 saturated heterocycles. The summed E-state index contributed by atoms with van der Waals surface area (Å²) < 4.78 is 0. The number of rotatable bonds is 5. The molecule has 0 spiro atoms. The number of hydrogen-bond acceptors (Lipinski definition) is 4. The van der Waals surface area contributed by atoms with Crippen molar-refractivity contribution in [3.05, 3.63) is 23.4 Å². The zero-order valence-corrected chi connectivity index (χ0v) is 10.6. The Hall–Kier alpha value is -1.60. The van der Waals surface area contributed by atoms with E-state index in [0.717, 1.165) is 5.56 Å². The molecule has 2 N–H and O–H groups in total. The molecule has 0 aromatic carbocycles. The highest BCUT2D eigenvalue weighted by molar-refractivity contribution is 5.55. The van der Waals surface area contributed by atoms with Gasteiger partial charge in [0.05, 0.1) is 5.56 Å². The van der Waals surface area contributed by atoms with Gasteiger partial charge in [-0.3, -0.25) is 0 Å².